The third-order valence-corrected chi connectivity index (χ3v) is 6.30. The van der Waals surface area contributed by atoms with E-state index >= 15 is 0 Å². The molecular formula is C28H54N4O8S. The Hall–Kier alpha value is -2.06. The summed E-state index contributed by atoms with van der Waals surface area (Å²) < 4.78 is 40.2. The van der Waals surface area contributed by atoms with Crippen molar-refractivity contribution in [2.24, 2.45) is 0 Å². The van der Waals surface area contributed by atoms with E-state index in [0.717, 1.165) is 5.41 Å². The summed E-state index contributed by atoms with van der Waals surface area (Å²) in [5.41, 5.74) is -1.79. The molecule has 0 radical (unpaired) electrons. The first-order valence-electron chi connectivity index (χ1n) is 14.0. The minimum atomic E-state index is -3.41. The molecular weight excluding hydrogens is 552 g/mol. The fraction of sp³-hybridized carbons (Fsp3) is 0.821. The summed E-state index contributed by atoms with van der Waals surface area (Å²) in [7, 11) is -3.41. The average molecular weight is 607 g/mol. The van der Waals surface area contributed by atoms with Gasteiger partial charge in [0.05, 0.1) is 25.4 Å². The molecule has 0 aliphatic heterocycles. The summed E-state index contributed by atoms with van der Waals surface area (Å²) in [6.07, 6.45) is 0. The summed E-state index contributed by atoms with van der Waals surface area (Å²) in [6.45, 7) is 22.5. The predicted octanol–water partition coefficient (Wildman–Crippen LogP) is 1.35. The van der Waals surface area contributed by atoms with Crippen molar-refractivity contribution in [3.63, 3.8) is 0 Å². The van der Waals surface area contributed by atoms with Crippen LogP contribution in [0.3, 0.4) is 0 Å². The number of nitrogens with zero attached hydrogens (tertiary/aromatic N) is 2. The molecule has 0 aromatic carbocycles. The van der Waals surface area contributed by atoms with E-state index in [1.54, 1.807) is 62.3 Å². The van der Waals surface area contributed by atoms with Crippen molar-refractivity contribution in [2.45, 2.75) is 79.1 Å². The molecule has 0 atom stereocenters. The van der Waals surface area contributed by atoms with E-state index in [2.05, 4.69) is 17.2 Å². The van der Waals surface area contributed by atoms with Crippen molar-refractivity contribution >= 4 is 27.7 Å². The van der Waals surface area contributed by atoms with Crippen LogP contribution in [-0.2, 0) is 38.4 Å². The second-order valence-electron chi connectivity index (χ2n) is 12.8. The van der Waals surface area contributed by atoms with Crippen LogP contribution in [0.15, 0.2) is 12.0 Å². The van der Waals surface area contributed by atoms with Gasteiger partial charge >= 0.3 is 17.9 Å². The second-order valence-corrected chi connectivity index (χ2v) is 14.8. The SMILES string of the molecule is C=CS(=O)(=O)CCN(CCNCC(=O)OC(C)(C)C)CCN(CCNCC(=O)OC(C)(C)C)CC(=O)OC(C)(C)C. The van der Waals surface area contributed by atoms with Gasteiger partial charge in [-0.2, -0.15) is 0 Å². The minimum Gasteiger partial charge on any atom is -0.459 e. The number of nitrogens with one attached hydrogen (secondary N) is 2. The molecule has 13 heteroatoms. The highest BCUT2D eigenvalue weighted by molar-refractivity contribution is 7.94. The van der Waals surface area contributed by atoms with E-state index in [9.17, 15) is 22.8 Å². The molecule has 0 spiro atoms. The van der Waals surface area contributed by atoms with Gasteiger partial charge < -0.3 is 24.8 Å². The number of hydrogen-bond acceptors (Lipinski definition) is 12. The molecule has 240 valence electrons. The second kappa shape index (κ2) is 17.8. The average Bonchev–Trinajstić information content (AvgIpc) is 2.76. The normalized spacial score (nSPS) is 12.9. The number of ether oxygens (including phenoxy) is 3. The van der Waals surface area contributed by atoms with E-state index in [0.29, 0.717) is 39.3 Å². The summed E-state index contributed by atoms with van der Waals surface area (Å²) in [6, 6.07) is 0. The van der Waals surface area contributed by atoms with Gasteiger partial charge in [0.25, 0.3) is 0 Å². The van der Waals surface area contributed by atoms with Gasteiger partial charge in [0.2, 0.25) is 0 Å². The fourth-order valence-corrected chi connectivity index (χ4v) is 4.07. The van der Waals surface area contributed by atoms with E-state index < -0.39 is 26.6 Å². The lowest BCUT2D eigenvalue weighted by molar-refractivity contribution is -0.157. The lowest BCUT2D eigenvalue weighted by atomic mass is 10.2. The predicted molar refractivity (Wildman–Crippen MR) is 160 cm³/mol. The van der Waals surface area contributed by atoms with Crippen LogP contribution in [0.5, 0.6) is 0 Å². The zero-order valence-electron chi connectivity index (χ0n) is 26.6. The third kappa shape index (κ3) is 24.3. The lowest BCUT2D eigenvalue weighted by Gasteiger charge is -2.28. The van der Waals surface area contributed by atoms with Crippen LogP contribution in [0.25, 0.3) is 0 Å². The third-order valence-electron chi connectivity index (χ3n) is 5.04. The van der Waals surface area contributed by atoms with Crippen molar-refractivity contribution in [1.29, 1.82) is 0 Å². The number of sulfone groups is 1. The quantitative estimate of drug-likeness (QED) is 0.124. The van der Waals surface area contributed by atoms with Gasteiger partial charge in [0.1, 0.15) is 16.8 Å². The van der Waals surface area contributed by atoms with E-state index in [4.69, 9.17) is 14.2 Å². The van der Waals surface area contributed by atoms with Crippen LogP contribution in [-0.4, -0.2) is 124 Å². The van der Waals surface area contributed by atoms with Crippen LogP contribution in [0.4, 0.5) is 0 Å². The molecule has 0 saturated carbocycles. The maximum atomic E-state index is 12.6. The van der Waals surface area contributed by atoms with Crippen molar-refractivity contribution < 1.29 is 37.0 Å². The van der Waals surface area contributed by atoms with Gasteiger partial charge in [-0.25, -0.2) is 8.42 Å². The highest BCUT2D eigenvalue weighted by Gasteiger charge is 2.21. The smallest absolute Gasteiger partial charge is 0.320 e. The van der Waals surface area contributed by atoms with Crippen molar-refractivity contribution in [3.8, 4) is 0 Å². The van der Waals surface area contributed by atoms with Crippen molar-refractivity contribution in [1.82, 2.24) is 20.4 Å². The highest BCUT2D eigenvalue weighted by Crippen LogP contribution is 2.09. The van der Waals surface area contributed by atoms with E-state index in [1.165, 1.54) is 0 Å². The topological polar surface area (TPSA) is 144 Å². The van der Waals surface area contributed by atoms with Gasteiger partial charge in [0.15, 0.2) is 9.84 Å². The largest absolute Gasteiger partial charge is 0.459 e. The Kier molecular flexibility index (Phi) is 16.9. The minimum absolute atomic E-state index is 0.0288. The first-order valence-corrected chi connectivity index (χ1v) is 15.7. The summed E-state index contributed by atoms with van der Waals surface area (Å²) in [4.78, 5) is 40.4. The highest BCUT2D eigenvalue weighted by atomic mass is 32.2. The Morgan fingerprint density at radius 2 is 1.05 bits per heavy atom. The molecule has 0 aliphatic rings. The zero-order valence-corrected chi connectivity index (χ0v) is 27.4. The Morgan fingerprint density at radius 1 is 0.659 bits per heavy atom. The molecule has 0 aromatic rings. The number of carbonyl (C=O) groups is 3. The maximum absolute atomic E-state index is 12.6. The lowest BCUT2D eigenvalue weighted by Crippen LogP contribution is -2.45. The molecule has 0 rings (SSSR count). The number of rotatable bonds is 19. The van der Waals surface area contributed by atoms with E-state index in [-0.39, 0.29) is 49.8 Å². The fourth-order valence-electron chi connectivity index (χ4n) is 3.39. The molecule has 0 bridgehead atoms. The zero-order chi connectivity index (χ0) is 31.9. The number of carbonyl (C=O) groups excluding carboxylic acids is 3. The summed E-state index contributed by atoms with van der Waals surface area (Å²) in [5, 5.41) is 7.02. The summed E-state index contributed by atoms with van der Waals surface area (Å²) >= 11 is 0. The standard InChI is InChI=1S/C28H54N4O8S/c1-11-41(36,37)19-18-31(14-12-29-20-23(33)38-26(2,3)4)16-17-32(22-25(35)40-28(8,9)10)15-13-30-21-24(34)39-27(5,6)7/h11,29-30H,1,12-22H2,2-10H3. The molecule has 2 N–H and O–H groups in total. The molecule has 0 unspecified atom stereocenters. The monoisotopic (exact) mass is 606 g/mol. The van der Waals surface area contributed by atoms with Crippen LogP contribution < -0.4 is 10.6 Å². The molecule has 0 aromatic heterocycles. The van der Waals surface area contributed by atoms with Crippen LogP contribution >= 0.6 is 0 Å². The van der Waals surface area contributed by atoms with Gasteiger partial charge in [-0.1, -0.05) is 6.58 Å². The van der Waals surface area contributed by atoms with E-state index in [1.807, 2.05) is 9.80 Å². The van der Waals surface area contributed by atoms with Gasteiger partial charge in [-0.3, -0.25) is 24.2 Å². The first-order chi connectivity index (χ1) is 18.6. The molecule has 0 aliphatic carbocycles. The molecule has 0 fully saturated rings. The number of hydrogen-bond donors (Lipinski definition) is 2. The Balaban J connectivity index is 5.20. The van der Waals surface area contributed by atoms with Crippen molar-refractivity contribution in [2.75, 3.05) is 71.2 Å². The molecule has 41 heavy (non-hydrogen) atoms. The van der Waals surface area contributed by atoms with Crippen molar-refractivity contribution in [3.05, 3.63) is 12.0 Å². The maximum Gasteiger partial charge on any atom is 0.320 e. The first kappa shape index (κ1) is 38.9. The van der Waals surface area contributed by atoms with Gasteiger partial charge in [-0.05, 0) is 62.3 Å². The molecule has 12 nitrogen and oxygen atoms in total. The van der Waals surface area contributed by atoms with Gasteiger partial charge in [0, 0.05) is 51.2 Å². The Morgan fingerprint density at radius 3 is 1.46 bits per heavy atom. The van der Waals surface area contributed by atoms with Gasteiger partial charge in [-0.15, -0.1) is 0 Å². The molecule has 0 saturated heterocycles. The van der Waals surface area contributed by atoms with Crippen LogP contribution in [0.1, 0.15) is 62.3 Å². The van der Waals surface area contributed by atoms with Crippen LogP contribution in [0.2, 0.25) is 0 Å². The summed E-state index contributed by atoms with van der Waals surface area (Å²) in [5.74, 6) is -1.23. The number of esters is 3. The molecule has 0 heterocycles. The Bertz CT molecular complexity index is 934. The molecule has 0 amide bonds. The Labute approximate surface area is 247 Å². The van der Waals surface area contributed by atoms with Crippen LogP contribution in [0, 0.1) is 0 Å².